The molecule has 6 nitrogen and oxygen atoms in total. The van der Waals surface area contributed by atoms with Gasteiger partial charge in [-0.3, -0.25) is 4.79 Å². The summed E-state index contributed by atoms with van der Waals surface area (Å²) < 4.78 is 1.55. The molecule has 0 radical (unpaired) electrons. The van der Waals surface area contributed by atoms with Crippen LogP contribution < -0.4 is 5.32 Å². The summed E-state index contributed by atoms with van der Waals surface area (Å²) in [4.78, 5) is 16.6. The van der Waals surface area contributed by atoms with Gasteiger partial charge in [-0.2, -0.15) is 0 Å². The summed E-state index contributed by atoms with van der Waals surface area (Å²) in [5.41, 5.74) is 0.183. The monoisotopic (exact) mass is 336 g/mol. The van der Waals surface area contributed by atoms with Crippen molar-refractivity contribution in [2.75, 3.05) is 6.61 Å². The molecule has 2 N–H and O–H groups in total. The molecule has 2 aromatic rings. The van der Waals surface area contributed by atoms with E-state index in [1.165, 1.54) is 0 Å². The molecule has 0 spiro atoms. The topological polar surface area (TPSA) is 80.0 Å². The molecule has 0 saturated carbocycles. The van der Waals surface area contributed by atoms with Gasteiger partial charge < -0.3 is 10.4 Å². The van der Waals surface area contributed by atoms with E-state index in [0.29, 0.717) is 29.4 Å². The maximum absolute atomic E-state index is 12.4. The van der Waals surface area contributed by atoms with E-state index in [-0.39, 0.29) is 18.3 Å². The first-order valence-electron chi connectivity index (χ1n) is 7.52. The highest BCUT2D eigenvalue weighted by Gasteiger charge is 2.26. The molecule has 23 heavy (non-hydrogen) atoms. The summed E-state index contributed by atoms with van der Waals surface area (Å²) in [5, 5.41) is 16.8. The third-order valence-corrected chi connectivity index (χ3v) is 4.23. The van der Waals surface area contributed by atoms with Gasteiger partial charge >= 0.3 is 0 Å². The second-order valence-corrected chi connectivity index (χ2v) is 6.09. The van der Waals surface area contributed by atoms with Crippen LogP contribution in [0.1, 0.15) is 43.1 Å². The number of nitrogens with one attached hydrogen (secondary N) is 1. The number of nitrogens with zero attached hydrogens (tertiary/aromatic N) is 3. The Hall–Kier alpha value is -1.92. The fraction of sp³-hybridized carbons (Fsp3) is 0.438. The number of aliphatic hydroxyl groups is 1. The molecule has 1 heterocycles. The second-order valence-electron chi connectivity index (χ2n) is 5.69. The summed E-state index contributed by atoms with van der Waals surface area (Å²) in [5.74, 6) is 0.292. The minimum Gasteiger partial charge on any atom is -0.396 e. The smallest absolute Gasteiger partial charge is 0.291 e. The van der Waals surface area contributed by atoms with E-state index in [9.17, 15) is 4.79 Å². The van der Waals surface area contributed by atoms with Crippen molar-refractivity contribution in [1.82, 2.24) is 20.1 Å². The number of carbonyl (C=O) groups excluding carboxylic acids is 1. The number of carbonyl (C=O) groups is 1. The molecule has 0 bridgehead atoms. The molecule has 0 saturated heterocycles. The van der Waals surface area contributed by atoms with E-state index in [0.717, 1.165) is 0 Å². The van der Waals surface area contributed by atoms with Crippen molar-refractivity contribution in [3.63, 3.8) is 0 Å². The van der Waals surface area contributed by atoms with Crippen LogP contribution in [-0.2, 0) is 0 Å². The molecule has 1 aromatic heterocycles. The van der Waals surface area contributed by atoms with Gasteiger partial charge in [-0.05, 0) is 38.8 Å². The Labute approximate surface area is 140 Å². The Kier molecular flexibility index (Phi) is 5.38. The number of rotatable bonds is 6. The third kappa shape index (κ3) is 3.89. The molecule has 1 unspecified atom stereocenters. The Morgan fingerprint density at radius 3 is 2.74 bits per heavy atom. The number of aliphatic hydroxyl groups excluding tert-OH is 1. The van der Waals surface area contributed by atoms with Crippen molar-refractivity contribution >= 4 is 17.5 Å². The van der Waals surface area contributed by atoms with Crippen molar-refractivity contribution in [3.8, 4) is 5.69 Å². The zero-order valence-electron chi connectivity index (χ0n) is 13.5. The van der Waals surface area contributed by atoms with E-state index in [2.05, 4.69) is 15.4 Å². The predicted octanol–water partition coefficient (Wildman–Crippen LogP) is 2.51. The summed E-state index contributed by atoms with van der Waals surface area (Å²) >= 11 is 6.17. The van der Waals surface area contributed by atoms with E-state index in [1.54, 1.807) is 17.7 Å². The van der Waals surface area contributed by atoms with Gasteiger partial charge in [-0.15, -0.1) is 5.10 Å². The quantitative estimate of drug-likeness (QED) is 0.849. The van der Waals surface area contributed by atoms with Gasteiger partial charge in [-0.25, -0.2) is 9.67 Å². The number of aryl methyl sites for hydroxylation is 1. The largest absolute Gasteiger partial charge is 0.396 e. The second kappa shape index (κ2) is 7.10. The van der Waals surface area contributed by atoms with Crippen molar-refractivity contribution < 1.29 is 9.90 Å². The van der Waals surface area contributed by atoms with Crippen LogP contribution in [0.2, 0.25) is 5.02 Å². The number of hydrogen-bond acceptors (Lipinski definition) is 4. The van der Waals surface area contributed by atoms with Crippen molar-refractivity contribution in [2.45, 2.75) is 39.2 Å². The zero-order valence-corrected chi connectivity index (χ0v) is 14.3. The highest BCUT2D eigenvalue weighted by atomic mass is 35.5. The Bertz CT molecular complexity index is 701. The van der Waals surface area contributed by atoms with Gasteiger partial charge in [0.05, 0.1) is 10.7 Å². The van der Waals surface area contributed by atoms with Gasteiger partial charge in [-0.1, -0.05) is 30.7 Å². The SMILES string of the molecule is CCC(C)(CCO)NC(=O)c1nc(C)n(-c2ccccc2Cl)n1. The Morgan fingerprint density at radius 1 is 1.43 bits per heavy atom. The Balaban J connectivity index is 2.27. The molecule has 7 heteroatoms. The van der Waals surface area contributed by atoms with E-state index < -0.39 is 5.54 Å². The average Bonchev–Trinajstić information content (AvgIpc) is 2.90. The van der Waals surface area contributed by atoms with Crippen LogP contribution in [-0.4, -0.2) is 37.9 Å². The number of halogens is 1. The number of para-hydroxylation sites is 1. The van der Waals surface area contributed by atoms with Crippen molar-refractivity contribution in [1.29, 1.82) is 0 Å². The molecule has 0 aliphatic rings. The summed E-state index contributed by atoms with van der Waals surface area (Å²) in [7, 11) is 0. The molecule has 2 rings (SSSR count). The minimum atomic E-state index is -0.490. The summed E-state index contributed by atoms with van der Waals surface area (Å²) in [6.07, 6.45) is 1.17. The molecular formula is C16H21ClN4O2. The van der Waals surface area contributed by atoms with Crippen LogP contribution in [0, 0.1) is 6.92 Å². The van der Waals surface area contributed by atoms with Crippen LogP contribution >= 0.6 is 11.6 Å². The lowest BCUT2D eigenvalue weighted by molar-refractivity contribution is 0.0875. The van der Waals surface area contributed by atoms with Crippen LogP contribution in [0.5, 0.6) is 0 Å². The summed E-state index contributed by atoms with van der Waals surface area (Å²) in [6, 6.07) is 7.24. The molecule has 124 valence electrons. The van der Waals surface area contributed by atoms with Gasteiger partial charge in [0.2, 0.25) is 5.82 Å². The van der Waals surface area contributed by atoms with Gasteiger partial charge in [0.25, 0.3) is 5.91 Å². The molecule has 1 amide bonds. The first-order valence-corrected chi connectivity index (χ1v) is 7.90. The molecule has 0 fully saturated rings. The number of benzene rings is 1. The number of hydrogen-bond donors (Lipinski definition) is 2. The maximum atomic E-state index is 12.4. The lowest BCUT2D eigenvalue weighted by Crippen LogP contribution is -2.46. The predicted molar refractivity (Wildman–Crippen MR) is 89.0 cm³/mol. The standard InChI is InChI=1S/C16H21ClN4O2/c1-4-16(3,9-10-22)19-15(23)14-18-11(2)21(20-14)13-8-6-5-7-12(13)17/h5-8,22H,4,9-10H2,1-3H3,(H,19,23). The number of aromatic nitrogens is 3. The normalized spacial score (nSPS) is 13.6. The van der Waals surface area contributed by atoms with E-state index in [4.69, 9.17) is 16.7 Å². The highest BCUT2D eigenvalue weighted by Crippen LogP contribution is 2.20. The lowest BCUT2D eigenvalue weighted by Gasteiger charge is -2.28. The van der Waals surface area contributed by atoms with Crippen LogP contribution in [0.4, 0.5) is 0 Å². The minimum absolute atomic E-state index is 0.00510. The fourth-order valence-corrected chi connectivity index (χ4v) is 2.46. The van der Waals surface area contributed by atoms with Gasteiger partial charge in [0, 0.05) is 12.1 Å². The van der Waals surface area contributed by atoms with Crippen LogP contribution in [0.3, 0.4) is 0 Å². The summed E-state index contributed by atoms with van der Waals surface area (Å²) in [6.45, 7) is 5.61. The first kappa shape index (κ1) is 17.4. The van der Waals surface area contributed by atoms with Crippen molar-refractivity contribution in [3.05, 3.63) is 40.9 Å². The Morgan fingerprint density at radius 2 is 2.13 bits per heavy atom. The van der Waals surface area contributed by atoms with Crippen LogP contribution in [0.25, 0.3) is 5.69 Å². The average molecular weight is 337 g/mol. The first-order chi connectivity index (χ1) is 10.9. The molecule has 1 aromatic carbocycles. The molecule has 1 atom stereocenters. The van der Waals surface area contributed by atoms with Crippen LogP contribution in [0.15, 0.2) is 24.3 Å². The van der Waals surface area contributed by atoms with E-state index in [1.807, 2.05) is 32.0 Å². The molecule has 0 aliphatic carbocycles. The lowest BCUT2D eigenvalue weighted by atomic mass is 9.95. The zero-order chi connectivity index (χ0) is 17.0. The third-order valence-electron chi connectivity index (χ3n) is 3.91. The van der Waals surface area contributed by atoms with Crippen molar-refractivity contribution in [2.24, 2.45) is 0 Å². The fourth-order valence-electron chi connectivity index (χ4n) is 2.24. The van der Waals surface area contributed by atoms with Gasteiger partial charge in [0.15, 0.2) is 0 Å². The molecule has 0 aliphatic heterocycles. The maximum Gasteiger partial charge on any atom is 0.291 e. The van der Waals surface area contributed by atoms with Gasteiger partial charge in [0.1, 0.15) is 5.82 Å². The highest BCUT2D eigenvalue weighted by molar-refractivity contribution is 6.32. The van der Waals surface area contributed by atoms with E-state index >= 15 is 0 Å². The molecular weight excluding hydrogens is 316 g/mol. The number of amides is 1.